The lowest BCUT2D eigenvalue weighted by Gasteiger charge is -2.07. The molecule has 2 rings (SSSR count). The number of aryl methyl sites for hydroxylation is 2. The van der Waals surface area contributed by atoms with Crippen molar-refractivity contribution in [2.45, 2.75) is 40.0 Å². The third-order valence-electron chi connectivity index (χ3n) is 3.99. The van der Waals surface area contributed by atoms with Crippen molar-refractivity contribution in [3.63, 3.8) is 0 Å². The molecule has 0 aliphatic carbocycles. The van der Waals surface area contributed by atoms with E-state index in [1.165, 1.54) is 7.11 Å². The van der Waals surface area contributed by atoms with Gasteiger partial charge in [0.1, 0.15) is 5.82 Å². The van der Waals surface area contributed by atoms with Crippen LogP contribution in [0.5, 0.6) is 0 Å². The number of aromatic nitrogens is 2. The Labute approximate surface area is 143 Å². The second-order valence-corrected chi connectivity index (χ2v) is 5.88. The van der Waals surface area contributed by atoms with Crippen molar-refractivity contribution in [2.24, 2.45) is 0 Å². The third-order valence-corrected chi connectivity index (χ3v) is 3.99. The number of benzene rings is 1. The fraction of sp³-hybridized carbons (Fsp3) is 0.474. The fourth-order valence-corrected chi connectivity index (χ4v) is 2.56. The van der Waals surface area contributed by atoms with E-state index in [-0.39, 0.29) is 5.97 Å². The Morgan fingerprint density at radius 1 is 1.25 bits per heavy atom. The highest BCUT2D eigenvalue weighted by Crippen LogP contribution is 2.26. The van der Waals surface area contributed by atoms with E-state index in [1.54, 1.807) is 6.07 Å². The number of esters is 1. The van der Waals surface area contributed by atoms with Crippen LogP contribution in [-0.2, 0) is 15.9 Å². The monoisotopic (exact) mass is 330 g/mol. The summed E-state index contributed by atoms with van der Waals surface area (Å²) in [6.07, 6.45) is 2.97. The van der Waals surface area contributed by atoms with Gasteiger partial charge in [-0.15, -0.1) is 0 Å². The maximum atomic E-state index is 11.8. The molecule has 2 aromatic rings. The number of unbranched alkanes of at least 4 members (excludes halogenated alkanes) is 1. The Morgan fingerprint density at radius 2 is 2.04 bits per heavy atom. The van der Waals surface area contributed by atoms with Crippen LogP contribution < -0.4 is 0 Å². The molecule has 0 aliphatic rings. The molecule has 0 fully saturated rings. The van der Waals surface area contributed by atoms with Gasteiger partial charge in [-0.05, 0) is 38.0 Å². The molecule has 0 unspecified atom stereocenters. The molecule has 0 radical (unpaired) electrons. The van der Waals surface area contributed by atoms with Gasteiger partial charge < -0.3 is 14.5 Å². The summed E-state index contributed by atoms with van der Waals surface area (Å²) in [6.45, 7) is 7.59. The van der Waals surface area contributed by atoms with E-state index in [4.69, 9.17) is 9.47 Å². The van der Waals surface area contributed by atoms with Crippen LogP contribution in [0, 0.1) is 13.8 Å². The van der Waals surface area contributed by atoms with E-state index in [0.29, 0.717) is 12.2 Å². The molecule has 0 saturated carbocycles. The van der Waals surface area contributed by atoms with Gasteiger partial charge in [-0.25, -0.2) is 9.78 Å². The summed E-state index contributed by atoms with van der Waals surface area (Å²) in [7, 11) is 1.39. The number of nitrogens with one attached hydrogen (secondary N) is 1. The molecular weight excluding hydrogens is 304 g/mol. The molecule has 5 nitrogen and oxygen atoms in total. The van der Waals surface area contributed by atoms with Crippen LogP contribution in [-0.4, -0.2) is 36.3 Å². The van der Waals surface area contributed by atoms with Gasteiger partial charge in [-0.1, -0.05) is 19.4 Å². The second kappa shape index (κ2) is 8.64. The van der Waals surface area contributed by atoms with Crippen LogP contribution in [0.15, 0.2) is 18.2 Å². The zero-order valence-corrected chi connectivity index (χ0v) is 14.9. The number of methoxy groups -OCH3 is 1. The zero-order chi connectivity index (χ0) is 17.5. The lowest BCUT2D eigenvalue weighted by atomic mass is 10.0. The average Bonchev–Trinajstić information content (AvgIpc) is 2.95. The second-order valence-electron chi connectivity index (χ2n) is 5.88. The highest BCUT2D eigenvalue weighted by molar-refractivity contribution is 5.91. The molecule has 0 aliphatic heterocycles. The number of ether oxygens (including phenoxy) is 2. The minimum Gasteiger partial charge on any atom is -0.465 e. The lowest BCUT2D eigenvalue weighted by Crippen LogP contribution is -2.02. The lowest BCUT2D eigenvalue weighted by molar-refractivity contribution is 0.0601. The predicted molar refractivity (Wildman–Crippen MR) is 94.3 cm³/mol. The maximum Gasteiger partial charge on any atom is 0.337 e. The predicted octanol–water partition coefficient (Wildman–Crippen LogP) is 3.84. The van der Waals surface area contributed by atoms with Crippen molar-refractivity contribution in [3.8, 4) is 11.3 Å². The van der Waals surface area contributed by atoms with Crippen molar-refractivity contribution >= 4 is 5.97 Å². The number of aromatic amines is 1. The molecule has 0 atom stereocenters. The Balaban J connectivity index is 2.16. The molecule has 0 spiro atoms. The summed E-state index contributed by atoms with van der Waals surface area (Å²) in [6, 6.07) is 5.55. The number of rotatable bonds is 8. The molecule has 24 heavy (non-hydrogen) atoms. The molecule has 0 amide bonds. The van der Waals surface area contributed by atoms with Crippen molar-refractivity contribution in [2.75, 3.05) is 20.3 Å². The smallest absolute Gasteiger partial charge is 0.337 e. The number of H-pyrrole nitrogens is 1. The van der Waals surface area contributed by atoms with E-state index in [0.717, 1.165) is 54.2 Å². The van der Waals surface area contributed by atoms with E-state index in [1.807, 2.05) is 26.0 Å². The Morgan fingerprint density at radius 3 is 2.75 bits per heavy atom. The molecule has 1 aromatic carbocycles. The van der Waals surface area contributed by atoms with Crippen LogP contribution in [0.4, 0.5) is 0 Å². The molecule has 1 heterocycles. The van der Waals surface area contributed by atoms with Crippen LogP contribution in [0.1, 0.15) is 47.2 Å². The van der Waals surface area contributed by atoms with E-state index in [9.17, 15) is 4.79 Å². The van der Waals surface area contributed by atoms with Gasteiger partial charge in [0.2, 0.25) is 0 Å². The standard InChI is InChI=1S/C19H26N2O3/c1-5-6-10-24-11-9-17-20-14(3)18(21-17)16-12-15(19(22)23-4)8-7-13(16)2/h7-8,12H,5-6,9-11H2,1-4H3,(H,20,21). The molecule has 5 heteroatoms. The third kappa shape index (κ3) is 4.45. The van der Waals surface area contributed by atoms with Gasteiger partial charge in [0.25, 0.3) is 0 Å². The van der Waals surface area contributed by atoms with Gasteiger partial charge in [-0.3, -0.25) is 0 Å². The van der Waals surface area contributed by atoms with Crippen LogP contribution in [0.3, 0.4) is 0 Å². The number of imidazole rings is 1. The van der Waals surface area contributed by atoms with Gasteiger partial charge in [0, 0.05) is 18.6 Å². The zero-order valence-electron chi connectivity index (χ0n) is 14.9. The van der Waals surface area contributed by atoms with Crippen molar-refractivity contribution in [3.05, 3.63) is 40.8 Å². The Kier molecular flexibility index (Phi) is 6.55. The highest BCUT2D eigenvalue weighted by Gasteiger charge is 2.14. The summed E-state index contributed by atoms with van der Waals surface area (Å²) >= 11 is 0. The quantitative estimate of drug-likeness (QED) is 0.590. The van der Waals surface area contributed by atoms with E-state index < -0.39 is 0 Å². The van der Waals surface area contributed by atoms with Crippen molar-refractivity contribution in [1.82, 2.24) is 9.97 Å². The summed E-state index contributed by atoms with van der Waals surface area (Å²) in [5.41, 5.74) is 4.46. The van der Waals surface area contributed by atoms with Crippen molar-refractivity contribution < 1.29 is 14.3 Å². The minimum absolute atomic E-state index is 0.335. The molecular formula is C19H26N2O3. The summed E-state index contributed by atoms with van der Waals surface area (Å²) in [5, 5.41) is 0. The number of carbonyl (C=O) groups excluding carboxylic acids is 1. The van der Waals surface area contributed by atoms with Crippen LogP contribution in [0.2, 0.25) is 0 Å². The fourth-order valence-electron chi connectivity index (χ4n) is 2.56. The highest BCUT2D eigenvalue weighted by atomic mass is 16.5. The normalized spacial score (nSPS) is 10.8. The molecule has 1 aromatic heterocycles. The number of nitrogens with zero attached hydrogens (tertiary/aromatic N) is 1. The molecule has 0 saturated heterocycles. The van der Waals surface area contributed by atoms with Gasteiger partial charge in [-0.2, -0.15) is 0 Å². The average molecular weight is 330 g/mol. The SMILES string of the molecule is CCCCOCCc1nc(C)c(-c2cc(C(=O)OC)ccc2C)[nH]1. The van der Waals surface area contributed by atoms with Gasteiger partial charge >= 0.3 is 5.97 Å². The van der Waals surface area contributed by atoms with Crippen molar-refractivity contribution in [1.29, 1.82) is 0 Å². The Bertz CT molecular complexity index is 692. The first kappa shape index (κ1) is 18.2. The molecule has 0 bridgehead atoms. The molecule has 130 valence electrons. The Hall–Kier alpha value is -2.14. The first-order valence-electron chi connectivity index (χ1n) is 8.39. The summed E-state index contributed by atoms with van der Waals surface area (Å²) < 4.78 is 10.4. The van der Waals surface area contributed by atoms with E-state index >= 15 is 0 Å². The maximum absolute atomic E-state index is 11.8. The first-order valence-corrected chi connectivity index (χ1v) is 8.39. The van der Waals surface area contributed by atoms with E-state index in [2.05, 4.69) is 16.9 Å². The topological polar surface area (TPSA) is 64.2 Å². The van der Waals surface area contributed by atoms with Gasteiger partial charge in [0.05, 0.1) is 30.7 Å². The van der Waals surface area contributed by atoms with Crippen LogP contribution in [0.25, 0.3) is 11.3 Å². The summed E-state index contributed by atoms with van der Waals surface area (Å²) in [4.78, 5) is 19.7. The molecule has 1 N–H and O–H groups in total. The number of hydrogen-bond acceptors (Lipinski definition) is 4. The number of carbonyl (C=O) groups is 1. The minimum atomic E-state index is -0.335. The first-order chi connectivity index (χ1) is 11.6. The number of hydrogen-bond donors (Lipinski definition) is 1. The van der Waals surface area contributed by atoms with Gasteiger partial charge in [0.15, 0.2) is 0 Å². The van der Waals surface area contributed by atoms with Crippen LogP contribution >= 0.6 is 0 Å². The largest absolute Gasteiger partial charge is 0.465 e. The summed E-state index contributed by atoms with van der Waals surface area (Å²) in [5.74, 6) is 0.569.